The summed E-state index contributed by atoms with van der Waals surface area (Å²) < 4.78 is 0. The molecule has 0 spiro atoms. The third kappa shape index (κ3) is 2.25. The van der Waals surface area contributed by atoms with Crippen LogP contribution in [0, 0.1) is 21.4 Å². The number of nitro groups is 1. The van der Waals surface area contributed by atoms with Gasteiger partial charge in [-0.1, -0.05) is 0 Å². The van der Waals surface area contributed by atoms with Gasteiger partial charge in [-0.05, 0) is 12.1 Å². The second kappa shape index (κ2) is 4.58. The third-order valence-corrected chi connectivity index (χ3v) is 2.40. The molecule has 8 nitrogen and oxygen atoms in total. The minimum Gasteiger partial charge on any atom is -0.364 e. The molecule has 0 fully saturated rings. The van der Waals surface area contributed by atoms with E-state index in [2.05, 4.69) is 9.97 Å². The molecule has 2 rings (SSSR count). The first-order valence-corrected chi connectivity index (χ1v) is 5.07. The van der Waals surface area contributed by atoms with E-state index in [1.165, 1.54) is 24.3 Å². The van der Waals surface area contributed by atoms with Gasteiger partial charge in [-0.3, -0.25) is 14.9 Å². The Hall–Kier alpha value is -3.21. The molecule has 8 heteroatoms. The van der Waals surface area contributed by atoms with E-state index in [0.717, 1.165) is 0 Å². The van der Waals surface area contributed by atoms with Gasteiger partial charge < -0.3 is 10.7 Å². The van der Waals surface area contributed by atoms with Crippen LogP contribution >= 0.6 is 0 Å². The van der Waals surface area contributed by atoms with Gasteiger partial charge in [0, 0.05) is 17.7 Å². The summed E-state index contributed by atoms with van der Waals surface area (Å²) in [5, 5.41) is 19.3. The van der Waals surface area contributed by atoms with E-state index in [1.807, 2.05) is 0 Å². The van der Waals surface area contributed by atoms with Crippen LogP contribution in [0.1, 0.15) is 16.2 Å². The average molecular weight is 257 g/mol. The van der Waals surface area contributed by atoms with Crippen molar-refractivity contribution >= 4 is 11.6 Å². The van der Waals surface area contributed by atoms with Gasteiger partial charge >= 0.3 is 0 Å². The van der Waals surface area contributed by atoms with Gasteiger partial charge in [0.1, 0.15) is 11.9 Å². The van der Waals surface area contributed by atoms with Crippen molar-refractivity contribution in [2.45, 2.75) is 0 Å². The summed E-state index contributed by atoms with van der Waals surface area (Å²) in [5.41, 5.74) is 5.33. The topological polar surface area (TPSA) is 139 Å². The molecule has 1 aromatic heterocycles. The molecular formula is C11H7N5O3. The van der Waals surface area contributed by atoms with Crippen molar-refractivity contribution < 1.29 is 9.72 Å². The summed E-state index contributed by atoms with van der Waals surface area (Å²) in [6.07, 6.45) is 0. The Bertz CT molecular complexity index is 696. The number of rotatable bonds is 3. The lowest BCUT2D eigenvalue weighted by Crippen LogP contribution is -2.13. The highest BCUT2D eigenvalue weighted by Crippen LogP contribution is 2.21. The number of nitrogens with one attached hydrogen (secondary N) is 1. The zero-order chi connectivity index (χ0) is 14.0. The normalized spacial score (nSPS) is 9.84. The number of hydrogen-bond donors (Lipinski definition) is 2. The van der Waals surface area contributed by atoms with Crippen molar-refractivity contribution in [2.24, 2.45) is 5.73 Å². The van der Waals surface area contributed by atoms with Crippen LogP contribution in [0.15, 0.2) is 24.3 Å². The molecule has 1 heterocycles. The van der Waals surface area contributed by atoms with E-state index >= 15 is 0 Å². The van der Waals surface area contributed by atoms with Gasteiger partial charge in [0.15, 0.2) is 11.4 Å². The summed E-state index contributed by atoms with van der Waals surface area (Å²) in [6, 6.07) is 7.29. The highest BCUT2D eigenvalue weighted by atomic mass is 16.6. The van der Waals surface area contributed by atoms with Crippen molar-refractivity contribution in [3.05, 3.63) is 45.8 Å². The number of nitriles is 1. The first kappa shape index (κ1) is 12.3. The van der Waals surface area contributed by atoms with E-state index in [-0.39, 0.29) is 22.9 Å². The Kier molecular flexibility index (Phi) is 2.95. The Labute approximate surface area is 106 Å². The maximum Gasteiger partial charge on any atom is 0.270 e. The predicted octanol–water partition coefficient (Wildman–Crippen LogP) is 0.955. The summed E-state index contributed by atoms with van der Waals surface area (Å²) in [6.45, 7) is 0. The van der Waals surface area contributed by atoms with Gasteiger partial charge in [0.25, 0.3) is 11.6 Å². The fourth-order valence-electron chi connectivity index (χ4n) is 1.51. The first-order valence-electron chi connectivity index (χ1n) is 5.07. The molecule has 0 unspecified atom stereocenters. The number of imidazole rings is 1. The highest BCUT2D eigenvalue weighted by Gasteiger charge is 2.16. The van der Waals surface area contributed by atoms with Gasteiger partial charge in [-0.15, -0.1) is 0 Å². The van der Waals surface area contributed by atoms with Crippen LogP contribution in [0.2, 0.25) is 0 Å². The number of primary amides is 1. The standard InChI is InChI=1S/C11H7N5O3/c12-5-8-9(10(13)17)15-11(14-8)6-1-3-7(4-2-6)16(18)19/h1-4H,(H2,13,17)(H,14,15). The van der Waals surface area contributed by atoms with E-state index in [0.29, 0.717) is 5.56 Å². The lowest BCUT2D eigenvalue weighted by molar-refractivity contribution is -0.384. The maximum absolute atomic E-state index is 11.1. The molecule has 0 saturated heterocycles. The molecule has 1 amide bonds. The average Bonchev–Trinajstić information content (AvgIpc) is 2.83. The molecule has 0 radical (unpaired) electrons. The SMILES string of the molecule is N#Cc1[nH]c(-c2ccc([N+](=O)[O-])cc2)nc1C(N)=O. The third-order valence-electron chi connectivity index (χ3n) is 2.40. The van der Waals surface area contributed by atoms with E-state index in [9.17, 15) is 14.9 Å². The van der Waals surface area contributed by atoms with Crippen LogP contribution in [0.4, 0.5) is 5.69 Å². The van der Waals surface area contributed by atoms with E-state index in [4.69, 9.17) is 11.0 Å². The second-order valence-corrected chi connectivity index (χ2v) is 3.59. The van der Waals surface area contributed by atoms with Crippen LogP contribution in [0.3, 0.4) is 0 Å². The summed E-state index contributed by atoms with van der Waals surface area (Å²) in [5.74, 6) is -0.568. The Morgan fingerprint density at radius 3 is 2.47 bits per heavy atom. The number of carbonyl (C=O) groups excluding carboxylic acids is 1. The van der Waals surface area contributed by atoms with Gasteiger partial charge in [0.05, 0.1) is 4.92 Å². The van der Waals surface area contributed by atoms with Crippen molar-refractivity contribution in [3.8, 4) is 17.5 Å². The minimum atomic E-state index is -0.819. The lowest BCUT2D eigenvalue weighted by atomic mass is 10.2. The second-order valence-electron chi connectivity index (χ2n) is 3.59. The number of non-ortho nitro benzene ring substituents is 1. The van der Waals surface area contributed by atoms with Gasteiger partial charge in [-0.25, -0.2) is 4.98 Å². The number of nitrogens with two attached hydrogens (primary N) is 1. The largest absolute Gasteiger partial charge is 0.364 e. The minimum absolute atomic E-state index is 0.0409. The number of nitrogens with zero attached hydrogens (tertiary/aromatic N) is 3. The van der Waals surface area contributed by atoms with E-state index < -0.39 is 10.8 Å². The number of nitro benzene ring substituents is 1. The molecule has 19 heavy (non-hydrogen) atoms. The molecule has 2 aromatic rings. The lowest BCUT2D eigenvalue weighted by Gasteiger charge is -1.95. The smallest absolute Gasteiger partial charge is 0.270 e. The number of amides is 1. The van der Waals surface area contributed by atoms with Crippen molar-refractivity contribution in [1.29, 1.82) is 5.26 Å². The Balaban J connectivity index is 2.45. The fraction of sp³-hybridized carbons (Fsp3) is 0. The molecule has 0 saturated carbocycles. The summed E-state index contributed by atoms with van der Waals surface area (Å²) in [4.78, 5) is 27.6. The molecule has 0 aliphatic rings. The van der Waals surface area contributed by atoms with Crippen LogP contribution in [0.25, 0.3) is 11.4 Å². The molecule has 1 aromatic carbocycles. The molecule has 0 atom stereocenters. The van der Waals surface area contributed by atoms with Gasteiger partial charge in [-0.2, -0.15) is 5.26 Å². The van der Waals surface area contributed by atoms with Crippen LogP contribution in [-0.2, 0) is 0 Å². The van der Waals surface area contributed by atoms with Crippen molar-refractivity contribution in [1.82, 2.24) is 9.97 Å². The Morgan fingerprint density at radius 2 is 2.05 bits per heavy atom. The van der Waals surface area contributed by atoms with E-state index in [1.54, 1.807) is 6.07 Å². The first-order chi connectivity index (χ1) is 9.02. The highest BCUT2D eigenvalue weighted by molar-refractivity contribution is 5.93. The number of hydrogen-bond acceptors (Lipinski definition) is 5. The monoisotopic (exact) mass is 257 g/mol. The van der Waals surface area contributed by atoms with Crippen molar-refractivity contribution in [2.75, 3.05) is 0 Å². The summed E-state index contributed by atoms with van der Waals surface area (Å²) in [7, 11) is 0. The van der Waals surface area contributed by atoms with Crippen LogP contribution < -0.4 is 5.73 Å². The van der Waals surface area contributed by atoms with Crippen LogP contribution in [-0.4, -0.2) is 20.8 Å². The zero-order valence-electron chi connectivity index (χ0n) is 9.45. The number of aromatic amines is 1. The van der Waals surface area contributed by atoms with Crippen LogP contribution in [0.5, 0.6) is 0 Å². The molecular weight excluding hydrogens is 250 g/mol. The van der Waals surface area contributed by atoms with Gasteiger partial charge in [0.2, 0.25) is 0 Å². The predicted molar refractivity (Wildman–Crippen MR) is 63.9 cm³/mol. The Morgan fingerprint density at radius 1 is 1.42 bits per heavy atom. The molecule has 0 aliphatic heterocycles. The quantitative estimate of drug-likeness (QED) is 0.622. The number of aromatic nitrogens is 2. The molecule has 94 valence electrons. The number of H-pyrrole nitrogens is 1. The zero-order valence-corrected chi connectivity index (χ0v) is 9.45. The molecule has 0 aliphatic carbocycles. The maximum atomic E-state index is 11.1. The number of benzene rings is 1. The molecule has 0 bridgehead atoms. The van der Waals surface area contributed by atoms with Crippen molar-refractivity contribution in [3.63, 3.8) is 0 Å². The number of carbonyl (C=O) groups is 1. The summed E-state index contributed by atoms with van der Waals surface area (Å²) >= 11 is 0. The molecule has 3 N–H and O–H groups in total. The fourth-order valence-corrected chi connectivity index (χ4v) is 1.51.